The Morgan fingerprint density at radius 3 is 1.54 bits per heavy atom. The van der Waals surface area contributed by atoms with Crippen LogP contribution in [0.3, 0.4) is 0 Å². The van der Waals surface area contributed by atoms with Gasteiger partial charge in [-0.25, -0.2) is 0 Å². The molecule has 2 fully saturated rings. The Morgan fingerprint density at radius 1 is 0.583 bits per heavy atom. The molecule has 0 aliphatic carbocycles. The van der Waals surface area contributed by atoms with Gasteiger partial charge in [0.05, 0.1) is 38.0 Å². The molecule has 2 saturated heterocycles. The summed E-state index contributed by atoms with van der Waals surface area (Å²) in [6.45, 7) is -1.71. The number of amides is 2. The highest BCUT2D eigenvalue weighted by molar-refractivity contribution is 8.00. The number of carbonyl (C=O) groups is 2. The maximum absolute atomic E-state index is 13.4. The van der Waals surface area contributed by atoms with Crippen molar-refractivity contribution in [3.8, 4) is 0 Å². The summed E-state index contributed by atoms with van der Waals surface area (Å²) in [5, 5.41) is 73.1. The summed E-state index contributed by atoms with van der Waals surface area (Å²) in [5.74, 6) is -1.97. The molecular weight excluding hydrogens is 640 g/mol. The van der Waals surface area contributed by atoms with Gasteiger partial charge in [-0.3, -0.25) is 9.59 Å². The van der Waals surface area contributed by atoms with E-state index in [4.69, 9.17) is 9.47 Å². The van der Waals surface area contributed by atoms with Crippen molar-refractivity contribution in [2.24, 2.45) is 5.92 Å². The SMILES string of the molecule is O=C(NC1C(O)[C@H](S[C@@H]2OC(CO)[C@H](CO)C(NC(=O)c3ccc4ccccc4c3)C2O)OC(CO)[C@@H]1O)c1ccc2ccccc2c1. The molecule has 0 bridgehead atoms. The number of aliphatic hydroxyl groups excluding tert-OH is 6. The molecule has 6 rings (SSSR count). The number of hydrogen-bond acceptors (Lipinski definition) is 11. The fourth-order valence-corrected chi connectivity index (χ4v) is 7.69. The first-order valence-corrected chi connectivity index (χ1v) is 16.6. The molecule has 2 aliphatic heterocycles. The lowest BCUT2D eigenvalue weighted by atomic mass is 9.87. The van der Waals surface area contributed by atoms with Crippen molar-refractivity contribution in [1.82, 2.24) is 10.6 Å². The molecule has 13 heteroatoms. The standard InChI is InChI=1S/C35H38N2O10S/c38-15-24-25(16-39)46-34(30(42)27(24)36-32(44)22-11-9-18-5-1-3-7-20(18)13-22)48-35-31(43)28(29(41)26(17-40)47-35)37-33(45)23-12-10-19-6-2-4-8-21(19)14-23/h1-14,24-31,34-35,38-43H,15-17H2,(H,36,44)(H,37,45)/t24-,25?,26?,27?,28?,29-,30?,31?,34-,35-/m0/s1. The van der Waals surface area contributed by atoms with E-state index in [0.29, 0.717) is 11.1 Å². The summed E-state index contributed by atoms with van der Waals surface area (Å²) in [4.78, 5) is 26.7. The first-order valence-electron chi connectivity index (χ1n) is 15.6. The summed E-state index contributed by atoms with van der Waals surface area (Å²) in [7, 11) is 0. The Morgan fingerprint density at radius 2 is 1.04 bits per heavy atom. The Hall–Kier alpha value is -3.63. The number of ether oxygens (including phenoxy) is 2. The minimum absolute atomic E-state index is 0.293. The molecule has 4 aromatic carbocycles. The zero-order chi connectivity index (χ0) is 33.9. The molecule has 2 heterocycles. The van der Waals surface area contributed by atoms with Crippen LogP contribution in [0.25, 0.3) is 21.5 Å². The van der Waals surface area contributed by atoms with Gasteiger partial charge >= 0.3 is 0 Å². The minimum Gasteiger partial charge on any atom is -0.396 e. The largest absolute Gasteiger partial charge is 0.396 e. The van der Waals surface area contributed by atoms with E-state index in [1.165, 1.54) is 0 Å². The van der Waals surface area contributed by atoms with Crippen molar-refractivity contribution in [1.29, 1.82) is 0 Å². The number of hydrogen-bond donors (Lipinski definition) is 8. The number of nitrogens with one attached hydrogen (secondary N) is 2. The van der Waals surface area contributed by atoms with Crippen molar-refractivity contribution in [2.45, 2.75) is 53.5 Å². The van der Waals surface area contributed by atoms with E-state index in [2.05, 4.69) is 10.6 Å². The van der Waals surface area contributed by atoms with Crippen LogP contribution in [0.15, 0.2) is 84.9 Å². The first kappa shape index (κ1) is 34.2. The zero-order valence-corrected chi connectivity index (χ0v) is 26.5. The van der Waals surface area contributed by atoms with E-state index >= 15 is 0 Å². The van der Waals surface area contributed by atoms with E-state index in [-0.39, 0.29) is 0 Å². The number of benzene rings is 4. The predicted octanol–water partition coefficient (Wildman–Crippen LogP) is 0.749. The van der Waals surface area contributed by atoms with Crippen molar-refractivity contribution in [3.05, 3.63) is 96.1 Å². The van der Waals surface area contributed by atoms with E-state index in [9.17, 15) is 40.2 Å². The third-order valence-corrected chi connectivity index (χ3v) is 10.4. The van der Waals surface area contributed by atoms with Gasteiger partial charge in [-0.05, 0) is 45.8 Å². The van der Waals surface area contributed by atoms with Crippen LogP contribution in [-0.2, 0) is 9.47 Å². The van der Waals surface area contributed by atoms with Crippen molar-refractivity contribution in [3.63, 3.8) is 0 Å². The smallest absolute Gasteiger partial charge is 0.251 e. The van der Waals surface area contributed by atoms with Crippen LogP contribution in [0.2, 0.25) is 0 Å². The fraction of sp³-hybridized carbons (Fsp3) is 0.371. The van der Waals surface area contributed by atoms with Crippen LogP contribution in [0, 0.1) is 5.92 Å². The van der Waals surface area contributed by atoms with E-state index < -0.39 is 91.0 Å². The Labute approximate surface area is 280 Å². The summed E-state index contributed by atoms with van der Waals surface area (Å²) in [6.07, 6.45) is -6.71. The third-order valence-electron chi connectivity index (χ3n) is 9.06. The van der Waals surface area contributed by atoms with Crippen LogP contribution in [0.1, 0.15) is 20.7 Å². The molecule has 4 aromatic rings. The van der Waals surface area contributed by atoms with Gasteiger partial charge in [0.15, 0.2) is 0 Å². The topological polar surface area (TPSA) is 198 Å². The van der Waals surface area contributed by atoms with Gasteiger partial charge in [0.1, 0.15) is 35.3 Å². The van der Waals surface area contributed by atoms with E-state index in [0.717, 1.165) is 33.3 Å². The number of aliphatic hydroxyl groups is 6. The van der Waals surface area contributed by atoms with Crippen molar-refractivity contribution < 1.29 is 49.7 Å². The van der Waals surface area contributed by atoms with Gasteiger partial charge in [-0.15, -0.1) is 0 Å². The van der Waals surface area contributed by atoms with Crippen LogP contribution in [0.5, 0.6) is 0 Å². The number of fused-ring (bicyclic) bond motifs is 2. The molecule has 0 aromatic heterocycles. The lowest BCUT2D eigenvalue weighted by molar-refractivity contribution is -0.170. The summed E-state index contributed by atoms with van der Waals surface area (Å²) in [5.41, 5.74) is -1.84. The maximum Gasteiger partial charge on any atom is 0.251 e. The van der Waals surface area contributed by atoms with Gasteiger partial charge in [0, 0.05) is 17.0 Å². The first-order chi connectivity index (χ1) is 23.2. The number of thioether (sulfide) groups is 1. The summed E-state index contributed by atoms with van der Waals surface area (Å²) >= 11 is 0.806. The highest BCUT2D eigenvalue weighted by Gasteiger charge is 2.51. The monoisotopic (exact) mass is 678 g/mol. The summed E-state index contributed by atoms with van der Waals surface area (Å²) in [6, 6.07) is 22.9. The molecule has 10 atom stereocenters. The molecule has 0 spiro atoms. The van der Waals surface area contributed by atoms with Crippen LogP contribution >= 0.6 is 11.8 Å². The second-order valence-corrected chi connectivity index (χ2v) is 13.2. The second kappa shape index (κ2) is 14.9. The molecule has 6 unspecified atom stereocenters. The van der Waals surface area contributed by atoms with Gasteiger partial charge in [-0.2, -0.15) is 0 Å². The Kier molecular flexibility index (Phi) is 10.6. The summed E-state index contributed by atoms with van der Waals surface area (Å²) < 4.78 is 11.8. The van der Waals surface area contributed by atoms with Crippen LogP contribution in [-0.4, -0.2) is 116 Å². The van der Waals surface area contributed by atoms with Crippen molar-refractivity contribution >= 4 is 45.1 Å². The highest BCUT2D eigenvalue weighted by atomic mass is 32.2. The van der Waals surface area contributed by atoms with Crippen LogP contribution in [0.4, 0.5) is 0 Å². The molecule has 0 saturated carbocycles. The molecule has 12 nitrogen and oxygen atoms in total. The lowest BCUT2D eigenvalue weighted by Gasteiger charge is -2.47. The molecule has 254 valence electrons. The number of carbonyl (C=O) groups excluding carboxylic acids is 2. The lowest BCUT2D eigenvalue weighted by Crippen LogP contribution is -2.65. The number of rotatable bonds is 9. The predicted molar refractivity (Wildman–Crippen MR) is 178 cm³/mol. The second-order valence-electron chi connectivity index (χ2n) is 12.0. The molecular formula is C35H38N2O10S. The molecule has 2 aliphatic rings. The van der Waals surface area contributed by atoms with Gasteiger partial charge in [0.2, 0.25) is 0 Å². The fourth-order valence-electron chi connectivity index (χ4n) is 6.35. The van der Waals surface area contributed by atoms with Gasteiger partial charge in [-0.1, -0.05) is 72.4 Å². The average molecular weight is 679 g/mol. The maximum atomic E-state index is 13.4. The highest BCUT2D eigenvalue weighted by Crippen LogP contribution is 2.38. The van der Waals surface area contributed by atoms with Gasteiger partial charge < -0.3 is 50.7 Å². The van der Waals surface area contributed by atoms with E-state index in [1.807, 2.05) is 48.5 Å². The van der Waals surface area contributed by atoms with Crippen molar-refractivity contribution in [2.75, 3.05) is 19.8 Å². The Bertz CT molecular complexity index is 1760. The normalized spacial score (nSPS) is 30.6. The minimum atomic E-state index is -1.54. The molecule has 8 N–H and O–H groups in total. The third kappa shape index (κ3) is 6.92. The average Bonchev–Trinajstić information content (AvgIpc) is 3.11. The zero-order valence-electron chi connectivity index (χ0n) is 25.7. The van der Waals surface area contributed by atoms with Crippen LogP contribution < -0.4 is 10.6 Å². The van der Waals surface area contributed by atoms with E-state index in [1.54, 1.807) is 36.4 Å². The quantitative estimate of drug-likeness (QED) is 0.124. The Balaban J connectivity index is 1.20. The molecule has 48 heavy (non-hydrogen) atoms. The molecule has 2 amide bonds. The molecule has 0 radical (unpaired) electrons. The van der Waals surface area contributed by atoms with Gasteiger partial charge in [0.25, 0.3) is 11.8 Å².